The van der Waals surface area contributed by atoms with E-state index in [9.17, 15) is 9.59 Å². The summed E-state index contributed by atoms with van der Waals surface area (Å²) in [6, 6.07) is 22.8. The number of benzene rings is 3. The van der Waals surface area contributed by atoms with Gasteiger partial charge >= 0.3 is 0 Å². The Bertz CT molecular complexity index is 1160. The maximum absolute atomic E-state index is 13.4. The van der Waals surface area contributed by atoms with E-state index < -0.39 is 0 Å². The Hall–Kier alpha value is -3.86. The van der Waals surface area contributed by atoms with E-state index >= 15 is 0 Å². The molecule has 0 atom stereocenters. The molecule has 2 amide bonds. The van der Waals surface area contributed by atoms with E-state index in [1.807, 2.05) is 93.6 Å². The molecule has 0 saturated carbocycles. The highest BCUT2D eigenvalue weighted by atomic mass is 16.5. The van der Waals surface area contributed by atoms with Crippen molar-refractivity contribution in [2.45, 2.75) is 27.3 Å². The Kier molecular flexibility index (Phi) is 6.08. The van der Waals surface area contributed by atoms with E-state index in [1.54, 1.807) is 0 Å². The number of anilines is 1. The van der Waals surface area contributed by atoms with Crippen LogP contribution in [0.4, 0.5) is 5.69 Å². The average Bonchev–Trinajstić information content (AvgIpc) is 3.02. The number of nitrogens with zero attached hydrogens (tertiary/aromatic N) is 1. The Labute approximate surface area is 188 Å². The van der Waals surface area contributed by atoms with Gasteiger partial charge in [-0.3, -0.25) is 14.5 Å². The number of carbonyl (C=O) groups is 2. The largest absolute Gasteiger partial charge is 0.494 e. The number of carbonyl (C=O) groups excluding carboxylic acids is 2. The number of imide groups is 1. The smallest absolute Gasteiger partial charge is 0.278 e. The predicted molar refractivity (Wildman–Crippen MR) is 126 cm³/mol. The molecular formula is C27H26N2O3. The molecule has 0 aliphatic carbocycles. The summed E-state index contributed by atoms with van der Waals surface area (Å²) < 4.78 is 5.52. The number of hydrogen-bond donors (Lipinski definition) is 1. The number of aryl methyl sites for hydroxylation is 2. The maximum atomic E-state index is 13.4. The first kappa shape index (κ1) is 21.4. The fraction of sp³-hybridized carbons (Fsp3) is 0.185. The summed E-state index contributed by atoms with van der Waals surface area (Å²) in [4.78, 5) is 28.1. The van der Waals surface area contributed by atoms with Crippen molar-refractivity contribution in [3.8, 4) is 5.75 Å². The van der Waals surface area contributed by atoms with Crippen molar-refractivity contribution in [3.05, 3.63) is 101 Å². The molecule has 0 radical (unpaired) electrons. The van der Waals surface area contributed by atoms with Crippen molar-refractivity contribution < 1.29 is 14.3 Å². The van der Waals surface area contributed by atoms with Gasteiger partial charge in [-0.25, -0.2) is 0 Å². The van der Waals surface area contributed by atoms with Gasteiger partial charge in [0.05, 0.1) is 18.7 Å². The van der Waals surface area contributed by atoms with Crippen molar-refractivity contribution in [1.82, 2.24) is 4.90 Å². The van der Waals surface area contributed by atoms with Crippen molar-refractivity contribution in [2.75, 3.05) is 11.9 Å². The topological polar surface area (TPSA) is 58.6 Å². The van der Waals surface area contributed by atoms with E-state index in [0.29, 0.717) is 17.7 Å². The fourth-order valence-electron chi connectivity index (χ4n) is 3.65. The van der Waals surface area contributed by atoms with Gasteiger partial charge in [-0.2, -0.15) is 0 Å². The molecule has 32 heavy (non-hydrogen) atoms. The van der Waals surface area contributed by atoms with Gasteiger partial charge in [0, 0.05) is 5.69 Å². The number of amides is 2. The van der Waals surface area contributed by atoms with Crippen LogP contribution < -0.4 is 10.1 Å². The lowest BCUT2D eigenvalue weighted by molar-refractivity contribution is -0.137. The molecule has 162 valence electrons. The van der Waals surface area contributed by atoms with Crippen molar-refractivity contribution in [2.24, 2.45) is 0 Å². The highest BCUT2D eigenvalue weighted by Gasteiger charge is 2.39. The molecule has 0 saturated heterocycles. The van der Waals surface area contributed by atoms with Crippen LogP contribution in [-0.2, 0) is 16.1 Å². The highest BCUT2D eigenvalue weighted by Crippen LogP contribution is 2.32. The molecule has 0 unspecified atom stereocenters. The Balaban J connectivity index is 1.70. The monoisotopic (exact) mass is 426 g/mol. The first-order valence-corrected chi connectivity index (χ1v) is 10.7. The summed E-state index contributed by atoms with van der Waals surface area (Å²) in [5.41, 5.74) is 5.23. The Morgan fingerprint density at radius 1 is 0.781 bits per heavy atom. The lowest BCUT2D eigenvalue weighted by Gasteiger charge is -2.15. The SMILES string of the molecule is CCOc1ccc(C2=C(Nc3ccc(C)cc3)C(=O)N(Cc3ccc(C)cc3)C2=O)cc1. The van der Waals surface area contributed by atoms with Crippen LogP contribution in [0.5, 0.6) is 5.75 Å². The first-order valence-electron chi connectivity index (χ1n) is 10.7. The van der Waals surface area contributed by atoms with Crippen molar-refractivity contribution in [3.63, 3.8) is 0 Å². The van der Waals surface area contributed by atoms with Crippen LogP contribution in [0.2, 0.25) is 0 Å². The van der Waals surface area contributed by atoms with E-state index in [0.717, 1.165) is 28.1 Å². The molecule has 5 heteroatoms. The highest BCUT2D eigenvalue weighted by molar-refractivity contribution is 6.36. The zero-order valence-corrected chi connectivity index (χ0v) is 18.5. The molecule has 1 N–H and O–H groups in total. The lowest BCUT2D eigenvalue weighted by atomic mass is 10.0. The fourth-order valence-corrected chi connectivity index (χ4v) is 3.65. The van der Waals surface area contributed by atoms with E-state index in [-0.39, 0.29) is 24.1 Å². The third-order valence-electron chi connectivity index (χ3n) is 5.40. The molecule has 0 bridgehead atoms. The van der Waals surface area contributed by atoms with Crippen LogP contribution in [0.15, 0.2) is 78.5 Å². The van der Waals surface area contributed by atoms with Crippen LogP contribution in [0, 0.1) is 13.8 Å². The molecule has 1 aliphatic rings. The number of hydrogen-bond acceptors (Lipinski definition) is 4. The molecule has 4 rings (SSSR count). The number of nitrogens with one attached hydrogen (secondary N) is 1. The minimum atomic E-state index is -0.333. The average molecular weight is 427 g/mol. The summed E-state index contributed by atoms with van der Waals surface area (Å²) in [6.07, 6.45) is 0. The predicted octanol–water partition coefficient (Wildman–Crippen LogP) is 5.09. The molecule has 1 aliphatic heterocycles. The molecule has 0 spiro atoms. The number of ether oxygens (including phenoxy) is 1. The van der Waals surface area contributed by atoms with Gasteiger partial charge in [-0.1, -0.05) is 59.7 Å². The maximum Gasteiger partial charge on any atom is 0.278 e. The van der Waals surface area contributed by atoms with Gasteiger partial charge in [-0.05, 0) is 56.2 Å². The Morgan fingerprint density at radius 2 is 1.38 bits per heavy atom. The van der Waals surface area contributed by atoms with Crippen molar-refractivity contribution in [1.29, 1.82) is 0 Å². The normalized spacial score (nSPS) is 13.7. The third kappa shape index (κ3) is 4.42. The molecule has 0 aromatic heterocycles. The standard InChI is InChI=1S/C27H26N2O3/c1-4-32-23-15-11-21(12-16-23)24-25(28-22-13-7-19(3)8-14-22)27(31)29(26(24)30)17-20-9-5-18(2)6-10-20/h5-16,28H,4,17H2,1-3H3. The zero-order chi connectivity index (χ0) is 22.7. The summed E-state index contributed by atoms with van der Waals surface area (Å²) in [7, 11) is 0. The molecule has 1 heterocycles. The van der Waals surface area contributed by atoms with E-state index in [1.165, 1.54) is 4.90 Å². The Morgan fingerprint density at radius 3 is 1.97 bits per heavy atom. The molecule has 0 fully saturated rings. The second-order valence-electron chi connectivity index (χ2n) is 7.88. The second kappa shape index (κ2) is 9.10. The van der Waals surface area contributed by atoms with Gasteiger partial charge in [0.2, 0.25) is 0 Å². The van der Waals surface area contributed by atoms with Gasteiger partial charge in [-0.15, -0.1) is 0 Å². The van der Waals surface area contributed by atoms with Gasteiger partial charge in [0.15, 0.2) is 0 Å². The van der Waals surface area contributed by atoms with Crippen LogP contribution in [0.1, 0.15) is 29.2 Å². The quantitative estimate of drug-likeness (QED) is 0.535. The minimum absolute atomic E-state index is 0.220. The van der Waals surface area contributed by atoms with Gasteiger partial charge in [0.1, 0.15) is 11.4 Å². The lowest BCUT2D eigenvalue weighted by Crippen LogP contribution is -2.32. The van der Waals surface area contributed by atoms with Crippen LogP contribution in [0.25, 0.3) is 5.57 Å². The van der Waals surface area contributed by atoms with Crippen LogP contribution >= 0.6 is 0 Å². The third-order valence-corrected chi connectivity index (χ3v) is 5.40. The molecular weight excluding hydrogens is 400 g/mol. The summed E-state index contributed by atoms with van der Waals surface area (Å²) in [5, 5.41) is 3.20. The number of rotatable bonds is 7. The van der Waals surface area contributed by atoms with Gasteiger partial charge in [0.25, 0.3) is 11.8 Å². The summed E-state index contributed by atoms with van der Waals surface area (Å²) >= 11 is 0. The van der Waals surface area contributed by atoms with Crippen molar-refractivity contribution >= 4 is 23.1 Å². The molecule has 3 aromatic carbocycles. The summed E-state index contributed by atoms with van der Waals surface area (Å²) in [5.74, 6) is 0.0764. The minimum Gasteiger partial charge on any atom is -0.494 e. The van der Waals surface area contributed by atoms with Crippen LogP contribution in [-0.4, -0.2) is 23.3 Å². The second-order valence-corrected chi connectivity index (χ2v) is 7.88. The van der Waals surface area contributed by atoms with E-state index in [2.05, 4.69) is 5.32 Å². The summed E-state index contributed by atoms with van der Waals surface area (Å²) in [6.45, 7) is 6.71. The zero-order valence-electron chi connectivity index (χ0n) is 18.5. The first-order chi connectivity index (χ1) is 15.5. The van der Waals surface area contributed by atoms with Gasteiger partial charge < -0.3 is 10.1 Å². The van der Waals surface area contributed by atoms with E-state index in [4.69, 9.17) is 4.74 Å². The molecule has 5 nitrogen and oxygen atoms in total. The molecule has 3 aromatic rings. The van der Waals surface area contributed by atoms with Crippen LogP contribution in [0.3, 0.4) is 0 Å².